The molecule has 98 valence electrons. The average Bonchev–Trinajstić information content (AvgIpc) is 2.34. The molecule has 0 amide bonds. The molecule has 0 saturated heterocycles. The number of hydrazine groups is 1. The van der Waals surface area contributed by atoms with Crippen LogP contribution >= 0.6 is 0 Å². The first-order valence-corrected chi connectivity index (χ1v) is 5.57. The third kappa shape index (κ3) is 2.49. The first-order chi connectivity index (χ1) is 8.63. The lowest BCUT2D eigenvalue weighted by molar-refractivity contribution is 0.165. The second-order valence-electron chi connectivity index (χ2n) is 3.98. The van der Waals surface area contributed by atoms with E-state index in [4.69, 9.17) is 10.6 Å². The highest BCUT2D eigenvalue weighted by Crippen LogP contribution is 2.29. The van der Waals surface area contributed by atoms with Crippen molar-refractivity contribution < 1.29 is 17.9 Å². The number of allylic oxidation sites excluding steroid dienone is 1. The number of ether oxygens (including phenoxy) is 1. The van der Waals surface area contributed by atoms with E-state index in [2.05, 4.69) is 5.43 Å². The molecule has 1 aliphatic rings. The Balaban J connectivity index is 2.41. The smallest absolute Gasteiger partial charge is 0.134 e. The fraction of sp³-hybridized carbons (Fsp3) is 0.333. The lowest BCUT2D eigenvalue weighted by Gasteiger charge is -2.24. The van der Waals surface area contributed by atoms with Gasteiger partial charge in [-0.2, -0.15) is 0 Å². The summed E-state index contributed by atoms with van der Waals surface area (Å²) in [6.07, 6.45) is 3.31. The van der Waals surface area contributed by atoms with Crippen molar-refractivity contribution in [2.45, 2.75) is 18.9 Å². The van der Waals surface area contributed by atoms with E-state index in [1.54, 1.807) is 6.08 Å². The molecule has 0 fully saturated rings. The van der Waals surface area contributed by atoms with Crippen molar-refractivity contribution in [3.63, 3.8) is 0 Å². The van der Waals surface area contributed by atoms with Gasteiger partial charge in [0.25, 0.3) is 0 Å². The van der Waals surface area contributed by atoms with Gasteiger partial charge in [-0.3, -0.25) is 5.84 Å². The Kier molecular flexibility index (Phi) is 3.88. The molecule has 1 atom stereocenters. The van der Waals surface area contributed by atoms with E-state index in [0.29, 0.717) is 24.5 Å². The van der Waals surface area contributed by atoms with Gasteiger partial charge in [-0.1, -0.05) is 0 Å². The van der Waals surface area contributed by atoms with Gasteiger partial charge < -0.3 is 4.74 Å². The zero-order valence-electron chi connectivity index (χ0n) is 9.55. The SMILES string of the molecule is NNC(C1=CCCCO1)c1c(F)cc(F)cc1F. The van der Waals surface area contributed by atoms with Crippen molar-refractivity contribution in [2.24, 2.45) is 5.84 Å². The summed E-state index contributed by atoms with van der Waals surface area (Å²) in [5.41, 5.74) is 1.95. The molecule has 0 saturated carbocycles. The quantitative estimate of drug-likeness (QED) is 0.646. The molecule has 18 heavy (non-hydrogen) atoms. The van der Waals surface area contributed by atoms with E-state index in [1.165, 1.54) is 0 Å². The van der Waals surface area contributed by atoms with E-state index in [0.717, 1.165) is 12.8 Å². The van der Waals surface area contributed by atoms with Crippen LogP contribution in [0.3, 0.4) is 0 Å². The summed E-state index contributed by atoms with van der Waals surface area (Å²) in [4.78, 5) is 0. The fourth-order valence-electron chi connectivity index (χ4n) is 1.91. The summed E-state index contributed by atoms with van der Waals surface area (Å²) in [6, 6.07) is 0.282. The lowest BCUT2D eigenvalue weighted by Crippen LogP contribution is -2.32. The Labute approximate surface area is 102 Å². The highest BCUT2D eigenvalue weighted by atomic mass is 19.1. The fourth-order valence-corrected chi connectivity index (χ4v) is 1.91. The molecule has 2 rings (SSSR count). The molecule has 0 bridgehead atoms. The normalized spacial score (nSPS) is 17.0. The number of benzene rings is 1. The van der Waals surface area contributed by atoms with E-state index in [9.17, 15) is 13.2 Å². The van der Waals surface area contributed by atoms with Crippen molar-refractivity contribution in [1.82, 2.24) is 5.43 Å². The van der Waals surface area contributed by atoms with Gasteiger partial charge in [0, 0.05) is 17.7 Å². The van der Waals surface area contributed by atoms with Gasteiger partial charge in [-0.25, -0.2) is 18.6 Å². The second-order valence-corrected chi connectivity index (χ2v) is 3.98. The highest BCUT2D eigenvalue weighted by molar-refractivity contribution is 5.29. The monoisotopic (exact) mass is 258 g/mol. The van der Waals surface area contributed by atoms with E-state index in [1.807, 2.05) is 0 Å². The summed E-state index contributed by atoms with van der Waals surface area (Å²) in [6.45, 7) is 0.467. The van der Waals surface area contributed by atoms with Crippen LogP contribution in [0.4, 0.5) is 13.2 Å². The van der Waals surface area contributed by atoms with Crippen molar-refractivity contribution in [2.75, 3.05) is 6.61 Å². The van der Waals surface area contributed by atoms with E-state index < -0.39 is 23.5 Å². The van der Waals surface area contributed by atoms with Crippen LogP contribution in [0.2, 0.25) is 0 Å². The van der Waals surface area contributed by atoms with E-state index >= 15 is 0 Å². The molecule has 0 spiro atoms. The molecule has 6 heteroatoms. The maximum atomic E-state index is 13.6. The molecule has 3 nitrogen and oxygen atoms in total. The number of nitrogens with one attached hydrogen (secondary N) is 1. The van der Waals surface area contributed by atoms with Crippen LogP contribution in [0.5, 0.6) is 0 Å². The highest BCUT2D eigenvalue weighted by Gasteiger charge is 2.26. The Morgan fingerprint density at radius 3 is 2.39 bits per heavy atom. The molecule has 1 aliphatic heterocycles. The summed E-state index contributed by atoms with van der Waals surface area (Å²) >= 11 is 0. The average molecular weight is 258 g/mol. The van der Waals surface area contributed by atoms with Gasteiger partial charge in [0.15, 0.2) is 0 Å². The van der Waals surface area contributed by atoms with Gasteiger partial charge in [-0.15, -0.1) is 0 Å². The van der Waals surface area contributed by atoms with Gasteiger partial charge in [0.05, 0.1) is 6.61 Å². The molecule has 0 aliphatic carbocycles. The number of nitrogens with two attached hydrogens (primary N) is 1. The van der Waals surface area contributed by atoms with Crippen molar-refractivity contribution >= 4 is 0 Å². The summed E-state index contributed by atoms with van der Waals surface area (Å²) < 4.78 is 45.4. The minimum absolute atomic E-state index is 0.341. The second kappa shape index (κ2) is 5.41. The number of rotatable bonds is 3. The molecule has 1 heterocycles. The third-order valence-corrected chi connectivity index (χ3v) is 2.75. The van der Waals surface area contributed by atoms with Gasteiger partial charge in [-0.05, 0) is 18.9 Å². The maximum absolute atomic E-state index is 13.6. The molecule has 3 N–H and O–H groups in total. The third-order valence-electron chi connectivity index (χ3n) is 2.75. The minimum atomic E-state index is -0.995. The van der Waals surface area contributed by atoms with Gasteiger partial charge in [0.2, 0.25) is 0 Å². The first-order valence-electron chi connectivity index (χ1n) is 5.57. The molecule has 0 aromatic heterocycles. The largest absolute Gasteiger partial charge is 0.496 e. The van der Waals surface area contributed by atoms with Crippen LogP contribution in [-0.2, 0) is 4.74 Å². The predicted molar refractivity (Wildman–Crippen MR) is 59.6 cm³/mol. The predicted octanol–water partition coefficient (Wildman–Crippen LogP) is 2.30. The van der Waals surface area contributed by atoms with Crippen LogP contribution in [0.25, 0.3) is 0 Å². The number of hydrogen-bond donors (Lipinski definition) is 2. The Morgan fingerprint density at radius 1 is 1.22 bits per heavy atom. The van der Waals surface area contributed by atoms with Crippen molar-refractivity contribution in [3.8, 4) is 0 Å². The molecule has 1 aromatic rings. The molecule has 1 unspecified atom stereocenters. The maximum Gasteiger partial charge on any atom is 0.134 e. The van der Waals surface area contributed by atoms with Crippen LogP contribution in [0.1, 0.15) is 24.4 Å². The zero-order valence-corrected chi connectivity index (χ0v) is 9.55. The topological polar surface area (TPSA) is 47.3 Å². The zero-order chi connectivity index (χ0) is 13.1. The van der Waals surface area contributed by atoms with Crippen molar-refractivity contribution in [1.29, 1.82) is 0 Å². The summed E-state index contributed by atoms with van der Waals surface area (Å²) in [5, 5.41) is 0. The molecule has 0 radical (unpaired) electrons. The Bertz CT molecular complexity index is 453. The van der Waals surface area contributed by atoms with Crippen LogP contribution in [0, 0.1) is 17.5 Å². The lowest BCUT2D eigenvalue weighted by atomic mass is 10.0. The van der Waals surface area contributed by atoms with Crippen LogP contribution in [-0.4, -0.2) is 6.61 Å². The summed E-state index contributed by atoms with van der Waals surface area (Å²) in [5.74, 6) is 2.71. The van der Waals surface area contributed by atoms with Crippen molar-refractivity contribution in [3.05, 3.63) is 47.0 Å². The molecule has 1 aromatic carbocycles. The van der Waals surface area contributed by atoms with Gasteiger partial charge in [0.1, 0.15) is 29.3 Å². The van der Waals surface area contributed by atoms with Crippen LogP contribution < -0.4 is 11.3 Å². The van der Waals surface area contributed by atoms with Gasteiger partial charge >= 0.3 is 0 Å². The summed E-state index contributed by atoms with van der Waals surface area (Å²) in [7, 11) is 0. The number of halogens is 3. The minimum Gasteiger partial charge on any atom is -0.496 e. The number of hydrogen-bond acceptors (Lipinski definition) is 3. The Morgan fingerprint density at radius 2 is 1.89 bits per heavy atom. The van der Waals surface area contributed by atoms with Crippen LogP contribution in [0.15, 0.2) is 24.0 Å². The Hall–Kier alpha value is -1.53. The first kappa shape index (κ1) is 12.9. The van der Waals surface area contributed by atoms with E-state index in [-0.39, 0.29) is 5.56 Å². The molecular weight excluding hydrogens is 245 g/mol. The molecular formula is C12H13F3N2O. The standard InChI is InChI=1S/C12H13F3N2O/c13-7-5-8(14)11(9(15)6-7)12(17-16)10-3-1-2-4-18-10/h3,5-6,12,17H,1-2,4,16H2.